The van der Waals surface area contributed by atoms with Crippen molar-refractivity contribution < 1.29 is 0 Å². The van der Waals surface area contributed by atoms with Gasteiger partial charge in [-0.3, -0.25) is 9.69 Å². The zero-order valence-corrected chi connectivity index (χ0v) is 19.1. The highest BCUT2D eigenvalue weighted by atomic mass is 79.9. The summed E-state index contributed by atoms with van der Waals surface area (Å²) in [5.74, 6) is 0. The van der Waals surface area contributed by atoms with Gasteiger partial charge < -0.3 is 21.0 Å². The molecule has 1 aromatic carbocycles. The number of halogens is 1. The van der Waals surface area contributed by atoms with Gasteiger partial charge in [-0.15, -0.1) is 0 Å². The first kappa shape index (κ1) is 20.8. The number of hydrazine groups is 1. The molecule has 7 nitrogen and oxygen atoms in total. The number of H-pyrrole nitrogens is 1. The average molecular weight is 485 g/mol. The minimum absolute atomic E-state index is 0.0602. The largest absolute Gasteiger partial charge is 0.354 e. The smallest absolute Gasteiger partial charge is 0.257 e. The first-order valence-electron chi connectivity index (χ1n) is 11.0. The van der Waals surface area contributed by atoms with E-state index in [1.807, 2.05) is 30.3 Å². The Kier molecular flexibility index (Phi) is 5.88. The molecule has 2 fully saturated rings. The Labute approximate surface area is 191 Å². The molecule has 164 valence electrons. The monoisotopic (exact) mass is 484 g/mol. The van der Waals surface area contributed by atoms with E-state index in [4.69, 9.17) is 5.73 Å². The zero-order valence-electron chi connectivity index (χ0n) is 17.6. The lowest BCUT2D eigenvalue weighted by Crippen LogP contribution is -2.50. The van der Waals surface area contributed by atoms with Gasteiger partial charge in [0.15, 0.2) is 0 Å². The third-order valence-electron chi connectivity index (χ3n) is 6.61. The second-order valence-electron chi connectivity index (χ2n) is 8.71. The molecule has 2 aromatic rings. The Morgan fingerprint density at radius 3 is 2.71 bits per heavy atom. The second-order valence-corrected chi connectivity index (χ2v) is 9.63. The van der Waals surface area contributed by atoms with E-state index in [9.17, 15) is 4.79 Å². The van der Waals surface area contributed by atoms with Crippen molar-refractivity contribution in [1.29, 1.82) is 0 Å². The van der Waals surface area contributed by atoms with E-state index in [0.717, 1.165) is 72.4 Å². The summed E-state index contributed by atoms with van der Waals surface area (Å²) in [5.41, 5.74) is 9.59. The molecule has 3 aliphatic rings. The first-order chi connectivity index (χ1) is 15.1. The summed E-state index contributed by atoms with van der Waals surface area (Å²) < 4.78 is 0.997. The molecule has 0 aliphatic carbocycles. The summed E-state index contributed by atoms with van der Waals surface area (Å²) in [5, 5.41) is 8.15. The molecule has 1 aromatic heterocycles. The fourth-order valence-corrected chi connectivity index (χ4v) is 5.40. The zero-order chi connectivity index (χ0) is 21.4. The fourth-order valence-electron chi connectivity index (χ4n) is 5.00. The number of pyridine rings is 1. The summed E-state index contributed by atoms with van der Waals surface area (Å²) in [7, 11) is 0. The number of benzene rings is 1. The van der Waals surface area contributed by atoms with Gasteiger partial charge in [-0.05, 0) is 49.1 Å². The van der Waals surface area contributed by atoms with Gasteiger partial charge in [-0.1, -0.05) is 22.0 Å². The molecule has 1 atom stereocenters. The van der Waals surface area contributed by atoms with Crippen molar-refractivity contribution in [2.45, 2.75) is 37.9 Å². The van der Waals surface area contributed by atoms with Gasteiger partial charge in [-0.2, -0.15) is 0 Å². The highest BCUT2D eigenvalue weighted by molar-refractivity contribution is 9.10. The normalized spacial score (nSPS) is 23.0. The maximum atomic E-state index is 12.6. The molecule has 31 heavy (non-hydrogen) atoms. The van der Waals surface area contributed by atoms with E-state index >= 15 is 0 Å². The molecule has 0 radical (unpaired) electrons. The lowest BCUT2D eigenvalue weighted by Gasteiger charge is -2.43. The van der Waals surface area contributed by atoms with Gasteiger partial charge in [0.25, 0.3) is 5.56 Å². The summed E-state index contributed by atoms with van der Waals surface area (Å²) in [6.07, 6.45) is 7.24. The maximum Gasteiger partial charge on any atom is 0.257 e. The van der Waals surface area contributed by atoms with Crippen LogP contribution >= 0.6 is 15.9 Å². The van der Waals surface area contributed by atoms with E-state index in [1.165, 1.54) is 0 Å². The number of aromatic nitrogens is 1. The highest BCUT2D eigenvalue weighted by Crippen LogP contribution is 2.29. The van der Waals surface area contributed by atoms with Crippen LogP contribution in [0.4, 0.5) is 5.69 Å². The predicted octanol–water partition coefficient (Wildman–Crippen LogP) is 2.78. The maximum absolute atomic E-state index is 12.6. The molecule has 3 aliphatic heterocycles. The van der Waals surface area contributed by atoms with Gasteiger partial charge in [0, 0.05) is 60.8 Å². The van der Waals surface area contributed by atoms with Gasteiger partial charge >= 0.3 is 0 Å². The van der Waals surface area contributed by atoms with Crippen LogP contribution in [-0.2, 0) is 6.54 Å². The van der Waals surface area contributed by atoms with E-state index in [2.05, 4.69) is 47.3 Å². The van der Waals surface area contributed by atoms with Crippen molar-refractivity contribution >= 4 is 27.3 Å². The molecule has 8 heteroatoms. The van der Waals surface area contributed by atoms with Crippen molar-refractivity contribution in [3.05, 3.63) is 68.7 Å². The Bertz CT molecular complexity index is 1030. The van der Waals surface area contributed by atoms with Crippen LogP contribution in [0, 0.1) is 0 Å². The molecule has 5 rings (SSSR count). The van der Waals surface area contributed by atoms with Crippen LogP contribution in [0.1, 0.15) is 30.4 Å². The lowest BCUT2D eigenvalue weighted by atomic mass is 10.0. The van der Waals surface area contributed by atoms with Crippen LogP contribution in [0.2, 0.25) is 0 Å². The van der Waals surface area contributed by atoms with E-state index in [0.29, 0.717) is 18.6 Å². The lowest BCUT2D eigenvalue weighted by molar-refractivity contribution is -0.0241. The quantitative estimate of drug-likeness (QED) is 0.618. The third-order valence-corrected chi connectivity index (χ3v) is 7.10. The topological polar surface area (TPSA) is 80.6 Å². The van der Waals surface area contributed by atoms with Crippen LogP contribution < -0.4 is 16.6 Å². The molecule has 0 spiro atoms. The number of rotatable bonds is 4. The molecule has 2 saturated heterocycles. The molecule has 1 unspecified atom stereocenters. The number of hydrogen-bond donors (Lipinski definition) is 3. The number of likely N-dealkylation sites (tertiary alicyclic amines) is 1. The Morgan fingerprint density at radius 1 is 1.13 bits per heavy atom. The summed E-state index contributed by atoms with van der Waals surface area (Å²) in [4.78, 5) is 18.0. The van der Waals surface area contributed by atoms with Gasteiger partial charge in [0.05, 0.1) is 17.8 Å². The number of piperidine rings is 1. The molecule has 0 saturated carbocycles. The van der Waals surface area contributed by atoms with E-state index < -0.39 is 0 Å². The summed E-state index contributed by atoms with van der Waals surface area (Å²) >= 11 is 3.53. The molecular formula is C23H29BrN6O. The fraction of sp³-hybridized carbons (Fsp3) is 0.435. The minimum atomic E-state index is -0.0602. The first-order valence-corrected chi connectivity index (χ1v) is 11.8. The van der Waals surface area contributed by atoms with Crippen molar-refractivity contribution in [1.82, 2.24) is 19.9 Å². The van der Waals surface area contributed by atoms with Gasteiger partial charge in [-0.25, -0.2) is 5.01 Å². The van der Waals surface area contributed by atoms with Crippen molar-refractivity contribution in [2.24, 2.45) is 5.73 Å². The van der Waals surface area contributed by atoms with Crippen LogP contribution in [0.25, 0.3) is 5.70 Å². The Morgan fingerprint density at radius 2 is 1.97 bits per heavy atom. The number of fused-ring (bicyclic) bond motifs is 1. The summed E-state index contributed by atoms with van der Waals surface area (Å²) in [6, 6.07) is 11.0. The van der Waals surface area contributed by atoms with Crippen LogP contribution in [0.3, 0.4) is 0 Å². The van der Waals surface area contributed by atoms with Crippen molar-refractivity contribution in [2.75, 3.05) is 31.5 Å². The number of nitrogens with zero attached hydrogens (tertiary/aromatic N) is 3. The Hall–Kier alpha value is -2.13. The number of hydrogen-bond acceptors (Lipinski definition) is 6. The van der Waals surface area contributed by atoms with Crippen molar-refractivity contribution in [3.63, 3.8) is 0 Å². The van der Waals surface area contributed by atoms with Crippen LogP contribution in [0.5, 0.6) is 0 Å². The van der Waals surface area contributed by atoms with Crippen molar-refractivity contribution in [3.8, 4) is 0 Å². The summed E-state index contributed by atoms with van der Waals surface area (Å²) in [6.45, 7) is 4.89. The van der Waals surface area contributed by atoms with Gasteiger partial charge in [0.2, 0.25) is 0 Å². The molecule has 0 bridgehead atoms. The van der Waals surface area contributed by atoms with Crippen LogP contribution in [0.15, 0.2) is 52.0 Å². The number of nitrogens with two attached hydrogens (primary N) is 1. The standard InChI is InChI=1S/C23H29BrN6O/c24-17-2-1-3-19(12-17)27-21-15-30(13-16-4-8-26-23(31)22(16)21)29-10-6-20(7-11-29)28-9-5-18(25)14-28/h1-4,8,12,15,18,20,27H,5-7,9-11,13-14,25H2,(H,26,31). The molecular weight excluding hydrogens is 456 g/mol. The molecule has 4 N–H and O–H groups in total. The molecule has 4 heterocycles. The highest BCUT2D eigenvalue weighted by Gasteiger charge is 2.32. The average Bonchev–Trinajstić information content (AvgIpc) is 3.20. The number of nitrogens with one attached hydrogen (secondary N) is 2. The number of anilines is 1. The van der Waals surface area contributed by atoms with Gasteiger partial charge in [0.1, 0.15) is 0 Å². The SMILES string of the molecule is NC1CCN(C2CCN(N3C=C(Nc4cccc(Br)c4)c4c(cc[nH]c4=O)C3)CC2)C1. The minimum Gasteiger partial charge on any atom is -0.354 e. The van der Waals surface area contributed by atoms with E-state index in [1.54, 1.807) is 6.20 Å². The van der Waals surface area contributed by atoms with E-state index in [-0.39, 0.29) is 5.56 Å². The van der Waals surface area contributed by atoms with Crippen LogP contribution in [-0.4, -0.2) is 58.2 Å². The second kappa shape index (κ2) is 8.78. The molecule has 0 amide bonds. The number of aromatic amines is 1. The third kappa shape index (κ3) is 4.43. The Balaban J connectivity index is 1.35. The predicted molar refractivity (Wildman–Crippen MR) is 127 cm³/mol.